The third-order valence-electron chi connectivity index (χ3n) is 5.69. The largest absolute Gasteiger partial charge is 0.371 e. The van der Waals surface area contributed by atoms with Crippen molar-refractivity contribution in [3.63, 3.8) is 0 Å². The fourth-order valence-electron chi connectivity index (χ4n) is 4.22. The highest BCUT2D eigenvalue weighted by atomic mass is 15.1. The van der Waals surface area contributed by atoms with E-state index in [9.17, 15) is 0 Å². The Balaban J connectivity index is 1.71. The summed E-state index contributed by atoms with van der Waals surface area (Å²) in [5.41, 5.74) is 9.43. The molecule has 0 amide bonds. The van der Waals surface area contributed by atoms with E-state index in [-0.39, 0.29) is 0 Å². The predicted octanol–water partition coefficient (Wildman–Crippen LogP) is 3.84. The molecule has 1 aromatic carbocycles. The van der Waals surface area contributed by atoms with Crippen molar-refractivity contribution in [2.75, 3.05) is 18.0 Å². The molecule has 0 bridgehead atoms. The van der Waals surface area contributed by atoms with Crippen LogP contribution in [0.4, 0.5) is 5.69 Å². The average Bonchev–Trinajstić information content (AvgIpc) is 2.49. The van der Waals surface area contributed by atoms with Crippen LogP contribution in [0.15, 0.2) is 24.3 Å². The zero-order chi connectivity index (χ0) is 14.8. The first-order valence-corrected chi connectivity index (χ1v) is 8.73. The second kappa shape index (κ2) is 6.39. The maximum absolute atomic E-state index is 6.45. The van der Waals surface area contributed by atoms with Gasteiger partial charge in [-0.1, -0.05) is 32.0 Å². The number of hydrogen-bond donors (Lipinski definition) is 1. The third-order valence-corrected chi connectivity index (χ3v) is 5.69. The number of rotatable bonds is 3. The zero-order valence-electron chi connectivity index (χ0n) is 13.6. The summed E-state index contributed by atoms with van der Waals surface area (Å²) in [6.45, 7) is 7.09. The molecular formula is C19H30N2. The second-order valence-corrected chi connectivity index (χ2v) is 7.42. The molecule has 0 spiro atoms. The Kier molecular flexibility index (Phi) is 4.54. The zero-order valence-corrected chi connectivity index (χ0v) is 13.6. The van der Waals surface area contributed by atoms with Crippen molar-refractivity contribution in [1.82, 2.24) is 0 Å². The van der Waals surface area contributed by atoms with Gasteiger partial charge in [0.05, 0.1) is 0 Å². The number of aryl methyl sites for hydroxylation is 1. The lowest BCUT2D eigenvalue weighted by Crippen LogP contribution is -2.45. The van der Waals surface area contributed by atoms with E-state index in [1.807, 2.05) is 0 Å². The minimum atomic E-state index is 0.397. The molecule has 1 saturated carbocycles. The fourth-order valence-corrected chi connectivity index (χ4v) is 4.22. The smallest absolute Gasteiger partial charge is 0.0398 e. The van der Waals surface area contributed by atoms with Crippen molar-refractivity contribution in [3.8, 4) is 0 Å². The van der Waals surface area contributed by atoms with Crippen molar-refractivity contribution < 1.29 is 0 Å². The van der Waals surface area contributed by atoms with E-state index < -0.39 is 0 Å². The quantitative estimate of drug-likeness (QED) is 0.915. The first-order chi connectivity index (χ1) is 10.1. The molecular weight excluding hydrogens is 256 g/mol. The van der Waals surface area contributed by atoms with Crippen LogP contribution >= 0.6 is 0 Å². The molecule has 2 aliphatic rings. The second-order valence-electron chi connectivity index (χ2n) is 7.42. The van der Waals surface area contributed by atoms with Gasteiger partial charge in [-0.05, 0) is 61.5 Å². The van der Waals surface area contributed by atoms with Gasteiger partial charge in [0, 0.05) is 24.8 Å². The Morgan fingerprint density at radius 3 is 2.86 bits per heavy atom. The highest BCUT2D eigenvalue weighted by molar-refractivity contribution is 5.55. The minimum Gasteiger partial charge on any atom is -0.371 e. The maximum Gasteiger partial charge on any atom is 0.0398 e. The number of nitrogens with two attached hydrogens (primary N) is 1. The van der Waals surface area contributed by atoms with Crippen molar-refractivity contribution in [1.29, 1.82) is 0 Å². The van der Waals surface area contributed by atoms with Crippen LogP contribution in [-0.2, 0) is 6.42 Å². The molecule has 2 heteroatoms. The van der Waals surface area contributed by atoms with E-state index in [1.54, 1.807) is 0 Å². The number of nitrogens with zero attached hydrogens (tertiary/aromatic N) is 1. The monoisotopic (exact) mass is 286 g/mol. The molecule has 116 valence electrons. The molecule has 1 aliphatic heterocycles. The van der Waals surface area contributed by atoms with Gasteiger partial charge in [-0.25, -0.2) is 0 Å². The Bertz CT molecular complexity index is 468. The summed E-state index contributed by atoms with van der Waals surface area (Å²) in [5, 5.41) is 0. The first kappa shape index (κ1) is 14.9. The molecule has 0 saturated heterocycles. The van der Waals surface area contributed by atoms with Crippen LogP contribution in [0.25, 0.3) is 0 Å². The molecule has 0 aromatic heterocycles. The van der Waals surface area contributed by atoms with Crippen LogP contribution in [0.5, 0.6) is 0 Å². The molecule has 1 aliphatic carbocycles. The normalized spacial score (nSPS) is 29.5. The van der Waals surface area contributed by atoms with E-state index in [2.05, 4.69) is 43.0 Å². The van der Waals surface area contributed by atoms with Crippen LogP contribution in [0, 0.1) is 17.8 Å². The standard InChI is InChI=1S/C19H30N2/c1-14(2)16-9-10-18(20)17(12-16)13-21-11-5-7-15-6-3-4-8-19(15)21/h3-4,6,8,14,16-18H,5,7,9-13,20H2,1-2H3. The SMILES string of the molecule is CC(C)C1CCC(N)C(CN2CCCc3ccccc32)C1. The van der Waals surface area contributed by atoms with Crippen molar-refractivity contribution in [3.05, 3.63) is 29.8 Å². The lowest BCUT2D eigenvalue weighted by Gasteiger charge is -2.41. The van der Waals surface area contributed by atoms with Gasteiger partial charge in [-0.3, -0.25) is 0 Å². The third kappa shape index (κ3) is 3.26. The van der Waals surface area contributed by atoms with Crippen LogP contribution in [0.2, 0.25) is 0 Å². The predicted molar refractivity (Wildman–Crippen MR) is 90.6 cm³/mol. The molecule has 1 fully saturated rings. The van der Waals surface area contributed by atoms with Gasteiger partial charge in [0.25, 0.3) is 0 Å². The Morgan fingerprint density at radius 2 is 2.05 bits per heavy atom. The lowest BCUT2D eigenvalue weighted by molar-refractivity contribution is 0.192. The topological polar surface area (TPSA) is 29.3 Å². The highest BCUT2D eigenvalue weighted by Crippen LogP contribution is 2.35. The first-order valence-electron chi connectivity index (χ1n) is 8.73. The van der Waals surface area contributed by atoms with E-state index in [1.165, 1.54) is 49.9 Å². The molecule has 2 nitrogen and oxygen atoms in total. The Hall–Kier alpha value is -1.02. The highest BCUT2D eigenvalue weighted by Gasteiger charge is 2.31. The summed E-state index contributed by atoms with van der Waals surface area (Å²) in [6, 6.07) is 9.33. The van der Waals surface area contributed by atoms with Crippen LogP contribution in [-0.4, -0.2) is 19.1 Å². The Labute approximate surface area is 129 Å². The lowest BCUT2D eigenvalue weighted by atomic mass is 9.73. The summed E-state index contributed by atoms with van der Waals surface area (Å²) in [6.07, 6.45) is 6.37. The van der Waals surface area contributed by atoms with Crippen LogP contribution in [0.1, 0.15) is 45.1 Å². The summed E-state index contributed by atoms with van der Waals surface area (Å²) < 4.78 is 0. The molecule has 21 heavy (non-hydrogen) atoms. The summed E-state index contributed by atoms with van der Waals surface area (Å²) in [4.78, 5) is 2.60. The van der Waals surface area contributed by atoms with Gasteiger partial charge in [-0.15, -0.1) is 0 Å². The molecule has 3 atom stereocenters. The number of benzene rings is 1. The molecule has 3 rings (SSSR count). The van der Waals surface area contributed by atoms with Crippen LogP contribution in [0.3, 0.4) is 0 Å². The van der Waals surface area contributed by atoms with Gasteiger partial charge in [0.1, 0.15) is 0 Å². The summed E-state index contributed by atoms with van der Waals surface area (Å²) >= 11 is 0. The maximum atomic E-state index is 6.45. The number of fused-ring (bicyclic) bond motifs is 1. The number of hydrogen-bond acceptors (Lipinski definition) is 2. The van der Waals surface area contributed by atoms with Gasteiger partial charge in [-0.2, -0.15) is 0 Å². The minimum absolute atomic E-state index is 0.397. The fraction of sp³-hybridized carbons (Fsp3) is 0.684. The number of anilines is 1. The molecule has 2 N–H and O–H groups in total. The molecule has 1 heterocycles. The summed E-state index contributed by atoms with van der Waals surface area (Å²) in [5.74, 6) is 2.33. The van der Waals surface area contributed by atoms with Gasteiger partial charge in [0.15, 0.2) is 0 Å². The van der Waals surface area contributed by atoms with Crippen molar-refractivity contribution >= 4 is 5.69 Å². The summed E-state index contributed by atoms with van der Waals surface area (Å²) in [7, 11) is 0. The molecule has 3 unspecified atom stereocenters. The molecule has 1 aromatic rings. The van der Waals surface area contributed by atoms with Crippen molar-refractivity contribution in [2.45, 2.75) is 52.0 Å². The average molecular weight is 286 g/mol. The van der Waals surface area contributed by atoms with E-state index in [0.29, 0.717) is 12.0 Å². The van der Waals surface area contributed by atoms with Crippen molar-refractivity contribution in [2.24, 2.45) is 23.5 Å². The molecule has 0 radical (unpaired) electrons. The van der Waals surface area contributed by atoms with Gasteiger partial charge in [0.2, 0.25) is 0 Å². The van der Waals surface area contributed by atoms with E-state index in [0.717, 1.165) is 18.4 Å². The Morgan fingerprint density at radius 1 is 1.24 bits per heavy atom. The van der Waals surface area contributed by atoms with E-state index >= 15 is 0 Å². The van der Waals surface area contributed by atoms with E-state index in [4.69, 9.17) is 5.73 Å². The van der Waals surface area contributed by atoms with Crippen LogP contribution < -0.4 is 10.6 Å². The van der Waals surface area contributed by atoms with Gasteiger partial charge < -0.3 is 10.6 Å². The van der Waals surface area contributed by atoms with Gasteiger partial charge >= 0.3 is 0 Å². The number of para-hydroxylation sites is 1.